The summed E-state index contributed by atoms with van der Waals surface area (Å²) in [5.74, 6) is 0.807. The van der Waals surface area contributed by atoms with Crippen LogP contribution < -0.4 is 15.0 Å². The molecule has 6 heteroatoms. The van der Waals surface area contributed by atoms with Crippen LogP contribution in [0.1, 0.15) is 34.7 Å². The minimum atomic E-state index is -0.0413. The van der Waals surface area contributed by atoms with E-state index in [1.165, 1.54) is 17.0 Å². The smallest absolute Gasteiger partial charge is 0.174 e. The summed E-state index contributed by atoms with van der Waals surface area (Å²) in [6.07, 6.45) is 1.83. The molecule has 1 fully saturated rings. The van der Waals surface area contributed by atoms with Gasteiger partial charge in [0.1, 0.15) is 5.75 Å². The first-order valence-corrected chi connectivity index (χ1v) is 9.69. The lowest BCUT2D eigenvalue weighted by Gasteiger charge is -2.28. The molecule has 0 spiro atoms. The van der Waals surface area contributed by atoms with Crippen molar-refractivity contribution in [2.24, 2.45) is 7.05 Å². The Kier molecular flexibility index (Phi) is 4.81. The Morgan fingerprint density at radius 1 is 1.11 bits per heavy atom. The number of hydrogen-bond donors (Lipinski definition) is 1. The van der Waals surface area contributed by atoms with Crippen LogP contribution in [0.15, 0.2) is 54.7 Å². The van der Waals surface area contributed by atoms with Gasteiger partial charge in [-0.3, -0.25) is 4.98 Å². The number of nitrogens with zero attached hydrogens (tertiary/aromatic N) is 3. The van der Waals surface area contributed by atoms with Gasteiger partial charge in [-0.2, -0.15) is 0 Å². The second-order valence-corrected chi connectivity index (χ2v) is 7.47. The summed E-state index contributed by atoms with van der Waals surface area (Å²) in [5.41, 5.74) is 5.66. The molecule has 0 unspecified atom stereocenters. The molecule has 0 radical (unpaired) electrons. The number of rotatable bonds is 4. The first kappa shape index (κ1) is 18.5. The van der Waals surface area contributed by atoms with Crippen LogP contribution in [-0.2, 0) is 7.05 Å². The zero-order chi connectivity index (χ0) is 19.8. The third-order valence-corrected chi connectivity index (χ3v) is 5.88. The summed E-state index contributed by atoms with van der Waals surface area (Å²) in [5, 5.41) is 4.20. The molecule has 5 nitrogen and oxygen atoms in total. The van der Waals surface area contributed by atoms with Gasteiger partial charge in [0.05, 0.1) is 24.9 Å². The van der Waals surface area contributed by atoms with Gasteiger partial charge in [0, 0.05) is 36.4 Å². The average Bonchev–Trinajstić information content (AvgIpc) is 3.19. The van der Waals surface area contributed by atoms with Crippen molar-refractivity contribution < 1.29 is 4.74 Å². The summed E-state index contributed by atoms with van der Waals surface area (Å²) >= 11 is 5.78. The molecule has 1 aliphatic rings. The van der Waals surface area contributed by atoms with Crippen LogP contribution in [0.3, 0.4) is 0 Å². The van der Waals surface area contributed by atoms with E-state index in [4.69, 9.17) is 17.0 Å². The van der Waals surface area contributed by atoms with Gasteiger partial charge in [-0.25, -0.2) is 0 Å². The largest absolute Gasteiger partial charge is 0.497 e. The van der Waals surface area contributed by atoms with Gasteiger partial charge in [0.25, 0.3) is 0 Å². The van der Waals surface area contributed by atoms with Gasteiger partial charge >= 0.3 is 0 Å². The van der Waals surface area contributed by atoms with Crippen molar-refractivity contribution in [3.8, 4) is 5.75 Å². The van der Waals surface area contributed by atoms with Gasteiger partial charge in [-0.15, -0.1) is 0 Å². The Morgan fingerprint density at radius 3 is 2.57 bits per heavy atom. The number of aromatic nitrogens is 2. The topological polar surface area (TPSA) is 42.3 Å². The fourth-order valence-corrected chi connectivity index (χ4v) is 4.24. The van der Waals surface area contributed by atoms with Crippen molar-refractivity contribution in [1.82, 2.24) is 14.9 Å². The van der Waals surface area contributed by atoms with Gasteiger partial charge < -0.3 is 19.5 Å². The number of nitrogens with one attached hydrogen (secondary N) is 1. The molecule has 3 heterocycles. The van der Waals surface area contributed by atoms with E-state index in [0.717, 1.165) is 17.1 Å². The van der Waals surface area contributed by atoms with Crippen LogP contribution in [0.2, 0.25) is 0 Å². The predicted molar refractivity (Wildman–Crippen MR) is 116 cm³/mol. The van der Waals surface area contributed by atoms with Crippen molar-refractivity contribution in [1.29, 1.82) is 0 Å². The third kappa shape index (κ3) is 3.03. The molecule has 3 aromatic rings. The zero-order valence-corrected chi connectivity index (χ0v) is 17.3. The average molecular weight is 393 g/mol. The number of pyridine rings is 1. The minimum absolute atomic E-state index is 0.00518. The Morgan fingerprint density at radius 2 is 1.93 bits per heavy atom. The maximum absolute atomic E-state index is 5.78. The minimum Gasteiger partial charge on any atom is -0.497 e. The highest BCUT2D eigenvalue weighted by Gasteiger charge is 2.42. The molecular weight excluding hydrogens is 368 g/mol. The molecule has 1 aliphatic heterocycles. The molecule has 2 atom stereocenters. The molecule has 0 saturated carbocycles. The predicted octanol–water partition coefficient (Wildman–Crippen LogP) is 4.22. The van der Waals surface area contributed by atoms with E-state index < -0.39 is 0 Å². The summed E-state index contributed by atoms with van der Waals surface area (Å²) in [4.78, 5) is 6.79. The summed E-state index contributed by atoms with van der Waals surface area (Å²) in [6, 6.07) is 16.2. The number of benzene rings is 1. The van der Waals surface area contributed by atoms with Crippen molar-refractivity contribution in [2.75, 3.05) is 12.0 Å². The van der Waals surface area contributed by atoms with Crippen LogP contribution in [0, 0.1) is 13.8 Å². The van der Waals surface area contributed by atoms with Crippen molar-refractivity contribution in [2.45, 2.75) is 25.9 Å². The van der Waals surface area contributed by atoms with E-state index in [2.05, 4.69) is 52.8 Å². The Balaban J connectivity index is 1.88. The highest BCUT2D eigenvalue weighted by molar-refractivity contribution is 7.80. The third-order valence-electron chi connectivity index (χ3n) is 5.56. The van der Waals surface area contributed by atoms with Gasteiger partial charge in [0.15, 0.2) is 5.11 Å². The van der Waals surface area contributed by atoms with E-state index in [9.17, 15) is 0 Å². The molecule has 144 valence electrons. The molecule has 0 amide bonds. The lowest BCUT2D eigenvalue weighted by molar-refractivity contribution is 0.415. The van der Waals surface area contributed by atoms with E-state index in [1.807, 2.05) is 42.6 Å². The fraction of sp³-hybridized carbons (Fsp3) is 0.273. The van der Waals surface area contributed by atoms with Crippen LogP contribution in [0.4, 0.5) is 5.69 Å². The second kappa shape index (κ2) is 7.28. The second-order valence-electron chi connectivity index (χ2n) is 7.08. The van der Waals surface area contributed by atoms with Crippen molar-refractivity contribution >= 4 is 23.0 Å². The quantitative estimate of drug-likeness (QED) is 0.673. The van der Waals surface area contributed by atoms with Crippen LogP contribution in [-0.4, -0.2) is 21.8 Å². The van der Waals surface area contributed by atoms with E-state index in [0.29, 0.717) is 5.11 Å². The van der Waals surface area contributed by atoms with Gasteiger partial charge in [0.2, 0.25) is 0 Å². The van der Waals surface area contributed by atoms with Crippen LogP contribution in [0.5, 0.6) is 5.75 Å². The molecule has 4 rings (SSSR count). The monoisotopic (exact) mass is 392 g/mol. The Bertz CT molecular complexity index is 1010. The lowest BCUT2D eigenvalue weighted by Crippen LogP contribution is -2.29. The first-order valence-electron chi connectivity index (χ1n) is 9.28. The van der Waals surface area contributed by atoms with Crippen LogP contribution >= 0.6 is 12.2 Å². The molecule has 1 aromatic carbocycles. The molecule has 1 saturated heterocycles. The molecule has 1 N–H and O–H groups in total. The number of anilines is 1. The van der Waals surface area contributed by atoms with E-state index in [-0.39, 0.29) is 12.1 Å². The highest BCUT2D eigenvalue weighted by atomic mass is 32.1. The van der Waals surface area contributed by atoms with Crippen molar-refractivity contribution in [3.63, 3.8) is 0 Å². The number of thiocarbonyl (C=S) groups is 1. The SMILES string of the molecule is COc1cccc(N2C(=S)N[C@@H](c3ccccn3)[C@H]2c2cc(C)n(C)c2C)c1. The number of aryl methyl sites for hydroxylation is 1. The highest BCUT2D eigenvalue weighted by Crippen LogP contribution is 2.43. The van der Waals surface area contributed by atoms with Crippen molar-refractivity contribution in [3.05, 3.63) is 77.4 Å². The number of ether oxygens (including phenoxy) is 1. The van der Waals surface area contributed by atoms with Gasteiger partial charge in [-0.05, 0) is 62.0 Å². The van der Waals surface area contributed by atoms with E-state index >= 15 is 0 Å². The standard InChI is InChI=1S/C22H24N4OS/c1-14-12-18(15(2)25(14)3)21-20(19-10-5-6-11-23-19)24-22(28)26(21)16-8-7-9-17(13-16)27-4/h5-13,20-21H,1-4H3,(H,24,28)/t20-,21+/m0/s1. The maximum Gasteiger partial charge on any atom is 0.174 e. The number of methoxy groups -OCH3 is 1. The first-order chi connectivity index (χ1) is 13.5. The van der Waals surface area contributed by atoms with Gasteiger partial charge in [-0.1, -0.05) is 12.1 Å². The lowest BCUT2D eigenvalue weighted by atomic mass is 9.96. The Hall–Kier alpha value is -2.86. The molecule has 28 heavy (non-hydrogen) atoms. The summed E-state index contributed by atoms with van der Waals surface area (Å²) < 4.78 is 7.66. The molecule has 0 aliphatic carbocycles. The molecule has 0 bridgehead atoms. The molecular formula is C22H24N4OS. The maximum atomic E-state index is 5.78. The fourth-order valence-electron chi connectivity index (χ4n) is 3.89. The number of hydrogen-bond acceptors (Lipinski definition) is 3. The van der Waals surface area contributed by atoms with E-state index in [1.54, 1.807) is 7.11 Å². The summed E-state index contributed by atoms with van der Waals surface area (Å²) in [6.45, 7) is 4.28. The van der Waals surface area contributed by atoms with Crippen LogP contribution in [0.25, 0.3) is 0 Å². The normalized spacial score (nSPS) is 19.0. The Labute approximate surface area is 171 Å². The molecule has 2 aromatic heterocycles. The summed E-state index contributed by atoms with van der Waals surface area (Å²) in [7, 11) is 3.78. The zero-order valence-electron chi connectivity index (χ0n) is 16.5.